The third kappa shape index (κ3) is 2.16. The van der Waals surface area contributed by atoms with E-state index in [1.807, 2.05) is 6.92 Å². The van der Waals surface area contributed by atoms with E-state index in [0.29, 0.717) is 0 Å². The summed E-state index contributed by atoms with van der Waals surface area (Å²) < 4.78 is 18.4. The molecule has 2 aromatic rings. The smallest absolute Gasteiger partial charge is 0.303 e. The molecule has 0 saturated carbocycles. The van der Waals surface area contributed by atoms with Crippen molar-refractivity contribution in [2.45, 2.75) is 26.9 Å². The third-order valence-electron chi connectivity index (χ3n) is 2.75. The summed E-state index contributed by atoms with van der Waals surface area (Å²) in [5.74, 6) is -0.643. The minimum absolute atomic E-state index is 0.298. The number of carbonyl (C=O) groups is 1. The molecule has 0 amide bonds. The van der Waals surface area contributed by atoms with Crippen molar-refractivity contribution < 1.29 is 13.9 Å². The molecular formula is C13H14FNO2. The fourth-order valence-electron chi connectivity index (χ4n) is 2.15. The number of rotatable bonds is 2. The molecule has 4 heteroatoms. The van der Waals surface area contributed by atoms with Gasteiger partial charge in [-0.15, -0.1) is 0 Å². The molecule has 0 saturated heterocycles. The highest BCUT2D eigenvalue weighted by molar-refractivity contribution is 5.85. The number of esters is 1. The average Bonchev–Trinajstić information content (AvgIpc) is 2.52. The van der Waals surface area contributed by atoms with Crippen LogP contribution < -0.4 is 0 Å². The van der Waals surface area contributed by atoms with Crippen molar-refractivity contribution in [1.82, 2.24) is 4.98 Å². The molecular weight excluding hydrogens is 221 g/mol. The molecule has 0 radical (unpaired) electrons. The summed E-state index contributed by atoms with van der Waals surface area (Å²) >= 11 is 0. The highest BCUT2D eigenvalue weighted by Crippen LogP contribution is 2.30. The van der Waals surface area contributed by atoms with Crippen molar-refractivity contribution in [3.8, 4) is 0 Å². The Morgan fingerprint density at radius 1 is 1.47 bits per heavy atom. The Hall–Kier alpha value is -1.84. The molecule has 1 heterocycles. The van der Waals surface area contributed by atoms with Crippen LogP contribution in [0, 0.1) is 12.7 Å². The van der Waals surface area contributed by atoms with Crippen molar-refractivity contribution in [2.24, 2.45) is 0 Å². The van der Waals surface area contributed by atoms with Crippen molar-refractivity contribution in [3.63, 3.8) is 0 Å². The average molecular weight is 235 g/mol. The quantitative estimate of drug-likeness (QED) is 0.812. The van der Waals surface area contributed by atoms with Gasteiger partial charge >= 0.3 is 5.97 Å². The number of hydrogen-bond acceptors (Lipinski definition) is 2. The van der Waals surface area contributed by atoms with Gasteiger partial charge in [0.1, 0.15) is 11.9 Å². The number of benzene rings is 1. The van der Waals surface area contributed by atoms with Gasteiger partial charge in [0.25, 0.3) is 0 Å². The fraction of sp³-hybridized carbons (Fsp3) is 0.308. The van der Waals surface area contributed by atoms with Gasteiger partial charge in [0, 0.05) is 29.1 Å². The first kappa shape index (κ1) is 11.6. The van der Waals surface area contributed by atoms with E-state index in [2.05, 4.69) is 4.98 Å². The highest BCUT2D eigenvalue weighted by Gasteiger charge is 2.17. The zero-order valence-electron chi connectivity index (χ0n) is 10.0. The normalized spacial score (nSPS) is 12.7. The number of aromatic amines is 1. The molecule has 0 bridgehead atoms. The van der Waals surface area contributed by atoms with Crippen LogP contribution in [0.4, 0.5) is 4.39 Å². The number of halogens is 1. The number of carbonyl (C=O) groups excluding carboxylic acids is 1. The largest absolute Gasteiger partial charge is 0.458 e. The standard InChI is InChI=1S/C13H14FNO2/c1-7-13(8(2)17-9(3)16)11-6-10(14)4-5-12(11)15-7/h4-6,8,15H,1-3H3. The first-order valence-corrected chi connectivity index (χ1v) is 5.44. The van der Waals surface area contributed by atoms with Crippen molar-refractivity contribution >= 4 is 16.9 Å². The molecule has 2 rings (SSSR count). The fourth-order valence-corrected chi connectivity index (χ4v) is 2.15. The van der Waals surface area contributed by atoms with Crippen molar-refractivity contribution in [1.29, 1.82) is 0 Å². The molecule has 90 valence electrons. The van der Waals surface area contributed by atoms with Crippen LogP contribution >= 0.6 is 0 Å². The number of ether oxygens (including phenoxy) is 1. The van der Waals surface area contributed by atoms with Crippen LogP contribution in [0.15, 0.2) is 18.2 Å². The summed E-state index contributed by atoms with van der Waals surface area (Å²) in [6.45, 7) is 5.02. The maximum atomic E-state index is 13.2. The Balaban J connectivity index is 2.55. The van der Waals surface area contributed by atoms with E-state index < -0.39 is 0 Å². The Morgan fingerprint density at radius 3 is 2.82 bits per heavy atom. The lowest BCUT2D eigenvalue weighted by molar-refractivity contribution is -0.145. The minimum atomic E-state index is -0.386. The molecule has 0 spiro atoms. The highest BCUT2D eigenvalue weighted by atomic mass is 19.1. The van der Waals surface area contributed by atoms with E-state index in [1.54, 1.807) is 13.0 Å². The first-order valence-electron chi connectivity index (χ1n) is 5.44. The Morgan fingerprint density at radius 2 is 2.18 bits per heavy atom. The second-order valence-electron chi connectivity index (χ2n) is 4.11. The Kier molecular flexibility index (Phi) is 2.88. The van der Waals surface area contributed by atoms with Gasteiger partial charge in [-0.3, -0.25) is 4.79 Å². The van der Waals surface area contributed by atoms with Gasteiger partial charge in [-0.05, 0) is 32.0 Å². The van der Waals surface area contributed by atoms with Crippen LogP contribution in [0.1, 0.15) is 31.2 Å². The van der Waals surface area contributed by atoms with Gasteiger partial charge in [0.2, 0.25) is 0 Å². The molecule has 1 atom stereocenters. The zero-order valence-corrected chi connectivity index (χ0v) is 10.0. The first-order chi connectivity index (χ1) is 7.99. The van der Waals surface area contributed by atoms with Crippen LogP contribution in [0.5, 0.6) is 0 Å². The van der Waals surface area contributed by atoms with Gasteiger partial charge in [0.15, 0.2) is 0 Å². The van der Waals surface area contributed by atoms with Gasteiger partial charge < -0.3 is 9.72 Å². The van der Waals surface area contributed by atoms with Crippen LogP contribution in [0.3, 0.4) is 0 Å². The summed E-state index contributed by atoms with van der Waals surface area (Å²) in [6, 6.07) is 4.54. The number of fused-ring (bicyclic) bond motifs is 1. The number of H-pyrrole nitrogens is 1. The van der Waals surface area contributed by atoms with E-state index >= 15 is 0 Å². The molecule has 1 aromatic carbocycles. The number of nitrogens with one attached hydrogen (secondary N) is 1. The maximum absolute atomic E-state index is 13.2. The Labute approximate surface area is 98.6 Å². The molecule has 0 aliphatic heterocycles. The summed E-state index contributed by atoms with van der Waals surface area (Å²) in [6.07, 6.45) is -0.386. The number of aromatic nitrogens is 1. The van der Waals surface area contributed by atoms with E-state index in [-0.39, 0.29) is 17.9 Å². The lowest BCUT2D eigenvalue weighted by Crippen LogP contribution is -2.05. The van der Waals surface area contributed by atoms with E-state index in [1.165, 1.54) is 19.1 Å². The van der Waals surface area contributed by atoms with Crippen molar-refractivity contribution in [3.05, 3.63) is 35.3 Å². The zero-order chi connectivity index (χ0) is 12.6. The summed E-state index contributed by atoms with van der Waals surface area (Å²) in [7, 11) is 0. The van der Waals surface area contributed by atoms with Crippen molar-refractivity contribution in [2.75, 3.05) is 0 Å². The van der Waals surface area contributed by atoms with E-state index in [0.717, 1.165) is 22.2 Å². The molecule has 3 nitrogen and oxygen atoms in total. The SMILES string of the molecule is CC(=O)OC(C)c1c(C)[nH]c2ccc(F)cc12. The predicted octanol–water partition coefficient (Wildman–Crippen LogP) is 3.24. The minimum Gasteiger partial charge on any atom is -0.458 e. The van der Waals surface area contributed by atoms with Gasteiger partial charge in [-0.1, -0.05) is 0 Å². The summed E-state index contributed by atoms with van der Waals surface area (Å²) in [5, 5.41) is 0.760. The molecule has 0 aliphatic rings. The van der Waals surface area contributed by atoms with Gasteiger partial charge in [-0.25, -0.2) is 4.39 Å². The second-order valence-corrected chi connectivity index (χ2v) is 4.11. The number of aryl methyl sites for hydroxylation is 1. The molecule has 1 aromatic heterocycles. The molecule has 0 fully saturated rings. The van der Waals surface area contributed by atoms with E-state index in [9.17, 15) is 9.18 Å². The lowest BCUT2D eigenvalue weighted by Gasteiger charge is -2.12. The van der Waals surface area contributed by atoms with Crippen LogP contribution in [-0.4, -0.2) is 11.0 Å². The number of hydrogen-bond donors (Lipinski definition) is 1. The second kappa shape index (κ2) is 4.20. The molecule has 17 heavy (non-hydrogen) atoms. The van der Waals surface area contributed by atoms with Gasteiger partial charge in [-0.2, -0.15) is 0 Å². The third-order valence-corrected chi connectivity index (χ3v) is 2.75. The molecule has 1 unspecified atom stereocenters. The monoisotopic (exact) mass is 235 g/mol. The van der Waals surface area contributed by atoms with E-state index in [4.69, 9.17) is 4.74 Å². The predicted molar refractivity (Wildman–Crippen MR) is 63.2 cm³/mol. The van der Waals surface area contributed by atoms with Gasteiger partial charge in [0.05, 0.1) is 0 Å². The van der Waals surface area contributed by atoms with Crippen LogP contribution in [0.25, 0.3) is 10.9 Å². The molecule has 0 aliphatic carbocycles. The lowest BCUT2D eigenvalue weighted by atomic mass is 10.1. The Bertz CT molecular complexity index is 574. The molecule has 1 N–H and O–H groups in total. The summed E-state index contributed by atoms with van der Waals surface area (Å²) in [5.41, 5.74) is 2.56. The summed E-state index contributed by atoms with van der Waals surface area (Å²) in [4.78, 5) is 14.1. The van der Waals surface area contributed by atoms with Crippen LogP contribution in [0.2, 0.25) is 0 Å². The maximum Gasteiger partial charge on any atom is 0.303 e. The topological polar surface area (TPSA) is 42.1 Å². The van der Waals surface area contributed by atoms with Crippen LogP contribution in [-0.2, 0) is 9.53 Å².